The number of ether oxygens (including phenoxy) is 1. The summed E-state index contributed by atoms with van der Waals surface area (Å²) < 4.78 is 5.44. The van der Waals surface area contributed by atoms with Crippen molar-refractivity contribution in [3.63, 3.8) is 0 Å². The van der Waals surface area contributed by atoms with Crippen LogP contribution in [0, 0.1) is 5.92 Å². The summed E-state index contributed by atoms with van der Waals surface area (Å²) >= 11 is 0. The van der Waals surface area contributed by atoms with Crippen LogP contribution in [0.5, 0.6) is 0 Å². The van der Waals surface area contributed by atoms with Crippen LogP contribution in [0.3, 0.4) is 0 Å². The van der Waals surface area contributed by atoms with Crippen molar-refractivity contribution in [3.05, 3.63) is 0 Å². The van der Waals surface area contributed by atoms with Gasteiger partial charge in [-0.3, -0.25) is 4.79 Å². The minimum atomic E-state index is -0.368. The van der Waals surface area contributed by atoms with E-state index in [2.05, 4.69) is 12.2 Å². The number of rotatable bonds is 2. The summed E-state index contributed by atoms with van der Waals surface area (Å²) in [7, 11) is 0. The van der Waals surface area contributed by atoms with Crippen molar-refractivity contribution in [3.8, 4) is 0 Å². The van der Waals surface area contributed by atoms with Crippen molar-refractivity contribution in [1.29, 1.82) is 0 Å². The number of aliphatic hydroxyl groups excluding tert-OH is 1. The number of nitrogens with one attached hydrogen (secondary N) is 1. The molecular weight excluding hydrogens is 208 g/mol. The molecule has 2 heterocycles. The third-order valence-corrected chi connectivity index (χ3v) is 3.56. The fourth-order valence-corrected chi connectivity index (χ4v) is 2.47. The highest BCUT2D eigenvalue weighted by atomic mass is 16.5. The molecule has 0 spiro atoms. The number of carbonyl (C=O) groups excluding carboxylic acids is 1. The number of hydrogen-bond acceptors (Lipinski definition) is 4. The Kier molecular flexibility index (Phi) is 3.78. The van der Waals surface area contributed by atoms with Gasteiger partial charge >= 0.3 is 0 Å². The van der Waals surface area contributed by atoms with Gasteiger partial charge in [0.05, 0.1) is 19.3 Å². The van der Waals surface area contributed by atoms with Crippen LogP contribution in [0.1, 0.15) is 13.3 Å². The van der Waals surface area contributed by atoms with Gasteiger partial charge in [0, 0.05) is 19.6 Å². The van der Waals surface area contributed by atoms with Gasteiger partial charge in [0.25, 0.3) is 5.91 Å². The SMILES string of the molecule is CC1CCN(C(=O)C2CNCCO2)C1CO. The number of amides is 1. The van der Waals surface area contributed by atoms with E-state index in [1.54, 1.807) is 4.90 Å². The second-order valence-corrected chi connectivity index (χ2v) is 4.61. The molecule has 0 aromatic rings. The maximum Gasteiger partial charge on any atom is 0.253 e. The minimum absolute atomic E-state index is 0.0237. The molecule has 2 N–H and O–H groups in total. The largest absolute Gasteiger partial charge is 0.394 e. The van der Waals surface area contributed by atoms with Crippen LogP contribution in [0.4, 0.5) is 0 Å². The van der Waals surface area contributed by atoms with Gasteiger partial charge in [0.1, 0.15) is 6.10 Å². The Balaban J connectivity index is 1.97. The second kappa shape index (κ2) is 5.12. The van der Waals surface area contributed by atoms with Crippen molar-refractivity contribution in [1.82, 2.24) is 10.2 Å². The van der Waals surface area contributed by atoms with Crippen molar-refractivity contribution in [2.45, 2.75) is 25.5 Å². The lowest BCUT2D eigenvalue weighted by atomic mass is 10.0. The van der Waals surface area contributed by atoms with E-state index in [1.807, 2.05) is 0 Å². The normalized spacial score (nSPS) is 35.4. The van der Waals surface area contributed by atoms with E-state index in [-0.39, 0.29) is 24.7 Å². The zero-order valence-corrected chi connectivity index (χ0v) is 9.69. The van der Waals surface area contributed by atoms with Gasteiger partial charge in [-0.25, -0.2) is 0 Å². The zero-order valence-electron chi connectivity index (χ0n) is 9.69. The van der Waals surface area contributed by atoms with Gasteiger partial charge < -0.3 is 20.1 Å². The molecule has 2 rings (SSSR count). The maximum absolute atomic E-state index is 12.2. The molecule has 5 nitrogen and oxygen atoms in total. The molecule has 0 aromatic carbocycles. The molecule has 92 valence electrons. The Morgan fingerprint density at radius 3 is 3.06 bits per heavy atom. The van der Waals surface area contributed by atoms with Crippen LogP contribution in [0.2, 0.25) is 0 Å². The summed E-state index contributed by atoms with van der Waals surface area (Å²) in [6.45, 7) is 4.85. The van der Waals surface area contributed by atoms with Crippen LogP contribution in [-0.2, 0) is 9.53 Å². The fourth-order valence-electron chi connectivity index (χ4n) is 2.47. The predicted octanol–water partition coefficient (Wildman–Crippen LogP) is -0.796. The average molecular weight is 228 g/mol. The molecule has 5 heteroatoms. The van der Waals surface area contributed by atoms with E-state index in [0.29, 0.717) is 19.1 Å². The minimum Gasteiger partial charge on any atom is -0.394 e. The highest BCUT2D eigenvalue weighted by Gasteiger charge is 2.37. The molecule has 0 radical (unpaired) electrons. The number of nitrogens with zero attached hydrogens (tertiary/aromatic N) is 1. The first kappa shape index (κ1) is 11.8. The van der Waals surface area contributed by atoms with Gasteiger partial charge in [0.15, 0.2) is 0 Å². The molecule has 2 aliphatic heterocycles. The standard InChI is InChI=1S/C11H20N2O3/c1-8-2-4-13(9(8)7-14)11(15)10-6-12-3-5-16-10/h8-10,12,14H,2-7H2,1H3. The zero-order chi connectivity index (χ0) is 11.5. The van der Waals surface area contributed by atoms with Crippen molar-refractivity contribution in [2.75, 3.05) is 32.8 Å². The summed E-state index contributed by atoms with van der Waals surface area (Å²) in [6, 6.07) is -0.0296. The second-order valence-electron chi connectivity index (χ2n) is 4.61. The number of aliphatic hydroxyl groups is 1. The molecule has 16 heavy (non-hydrogen) atoms. The van der Waals surface area contributed by atoms with E-state index in [9.17, 15) is 9.90 Å². The number of carbonyl (C=O) groups is 1. The lowest BCUT2D eigenvalue weighted by Gasteiger charge is -2.31. The molecule has 2 saturated heterocycles. The van der Waals surface area contributed by atoms with Crippen LogP contribution in [-0.4, -0.2) is 60.9 Å². The lowest BCUT2D eigenvalue weighted by Crippen LogP contribution is -2.51. The summed E-state index contributed by atoms with van der Waals surface area (Å²) in [6.07, 6.45) is 0.602. The molecule has 2 aliphatic rings. The monoisotopic (exact) mass is 228 g/mol. The van der Waals surface area contributed by atoms with Gasteiger partial charge in [-0.05, 0) is 12.3 Å². The summed E-state index contributed by atoms with van der Waals surface area (Å²) in [5.41, 5.74) is 0. The number of hydrogen-bond donors (Lipinski definition) is 2. The van der Waals surface area contributed by atoms with Gasteiger partial charge in [-0.1, -0.05) is 6.92 Å². The molecule has 2 fully saturated rings. The quantitative estimate of drug-likeness (QED) is 0.650. The maximum atomic E-state index is 12.2. The summed E-state index contributed by atoms with van der Waals surface area (Å²) in [5, 5.41) is 12.5. The van der Waals surface area contributed by atoms with Crippen molar-refractivity contribution in [2.24, 2.45) is 5.92 Å². The Labute approximate surface area is 95.8 Å². The molecular formula is C11H20N2O3. The predicted molar refractivity (Wildman–Crippen MR) is 59.0 cm³/mol. The van der Waals surface area contributed by atoms with Crippen molar-refractivity contribution >= 4 is 5.91 Å². The Morgan fingerprint density at radius 1 is 1.62 bits per heavy atom. The molecule has 1 amide bonds. The van der Waals surface area contributed by atoms with Crippen molar-refractivity contribution < 1.29 is 14.6 Å². The third kappa shape index (κ3) is 2.21. The highest BCUT2D eigenvalue weighted by Crippen LogP contribution is 2.24. The van der Waals surface area contributed by atoms with E-state index in [4.69, 9.17) is 4.74 Å². The van der Waals surface area contributed by atoms with Crippen LogP contribution in [0.15, 0.2) is 0 Å². The molecule has 0 saturated carbocycles. The first-order valence-electron chi connectivity index (χ1n) is 5.97. The van der Waals surface area contributed by atoms with Gasteiger partial charge in [0.2, 0.25) is 0 Å². The van der Waals surface area contributed by atoms with E-state index >= 15 is 0 Å². The number of likely N-dealkylation sites (tertiary alicyclic amines) is 1. The molecule has 3 atom stereocenters. The topological polar surface area (TPSA) is 61.8 Å². The lowest BCUT2D eigenvalue weighted by molar-refractivity contribution is -0.147. The Morgan fingerprint density at radius 2 is 2.44 bits per heavy atom. The molecule has 0 bridgehead atoms. The Bertz CT molecular complexity index is 254. The van der Waals surface area contributed by atoms with E-state index in [0.717, 1.165) is 19.5 Å². The first-order chi connectivity index (χ1) is 7.74. The van der Waals surface area contributed by atoms with Gasteiger partial charge in [-0.2, -0.15) is 0 Å². The molecule has 3 unspecified atom stereocenters. The Hall–Kier alpha value is -0.650. The van der Waals surface area contributed by atoms with Crippen LogP contribution < -0.4 is 5.32 Å². The van der Waals surface area contributed by atoms with Gasteiger partial charge in [-0.15, -0.1) is 0 Å². The number of morpholine rings is 1. The highest BCUT2D eigenvalue weighted by molar-refractivity contribution is 5.82. The van der Waals surface area contributed by atoms with Crippen LogP contribution in [0.25, 0.3) is 0 Å². The molecule has 0 aromatic heterocycles. The first-order valence-corrected chi connectivity index (χ1v) is 5.97. The summed E-state index contributed by atoms with van der Waals surface area (Å²) in [5.74, 6) is 0.404. The van der Waals surface area contributed by atoms with E-state index < -0.39 is 0 Å². The third-order valence-electron chi connectivity index (χ3n) is 3.56. The van der Waals surface area contributed by atoms with E-state index in [1.165, 1.54) is 0 Å². The fraction of sp³-hybridized carbons (Fsp3) is 0.909. The smallest absolute Gasteiger partial charge is 0.253 e. The summed E-state index contributed by atoms with van der Waals surface area (Å²) in [4.78, 5) is 13.9. The van der Waals surface area contributed by atoms with Crippen LogP contribution >= 0.6 is 0 Å². The average Bonchev–Trinajstić information content (AvgIpc) is 2.70. The molecule has 0 aliphatic carbocycles.